The molecule has 0 bridgehead atoms. The van der Waals surface area contributed by atoms with E-state index in [1.54, 1.807) is 34.9 Å². The fourth-order valence-corrected chi connectivity index (χ4v) is 2.53. The predicted octanol–water partition coefficient (Wildman–Crippen LogP) is 2.47. The number of nitrogens with two attached hydrogens (primary N) is 1. The van der Waals surface area contributed by atoms with E-state index in [1.807, 2.05) is 0 Å². The van der Waals surface area contributed by atoms with Crippen molar-refractivity contribution in [2.45, 2.75) is 6.54 Å². The van der Waals surface area contributed by atoms with Crippen molar-refractivity contribution in [2.24, 2.45) is 0 Å². The number of nitrogen functional groups attached to an aromatic ring is 1. The lowest BCUT2D eigenvalue weighted by molar-refractivity contribution is 0.0695. The van der Waals surface area contributed by atoms with Gasteiger partial charge in [-0.25, -0.2) is 9.18 Å². The van der Waals surface area contributed by atoms with Crippen LogP contribution in [0.2, 0.25) is 0 Å². The molecule has 0 unspecified atom stereocenters. The average Bonchev–Trinajstić information content (AvgIpc) is 2.51. The molecule has 3 N–H and O–H groups in total. The number of hydrogen-bond donors (Lipinski definition) is 2. The van der Waals surface area contributed by atoms with Gasteiger partial charge in [0, 0.05) is 18.4 Å². The minimum atomic E-state index is -1.31. The van der Waals surface area contributed by atoms with Gasteiger partial charge in [-0.2, -0.15) is 0 Å². The van der Waals surface area contributed by atoms with Crippen molar-refractivity contribution >= 4 is 22.6 Å². The van der Waals surface area contributed by atoms with Crippen LogP contribution in [-0.4, -0.2) is 15.6 Å². The number of carbonyl (C=O) groups is 1. The number of hydrogen-bond acceptors (Lipinski definition) is 3. The largest absolute Gasteiger partial charge is 0.477 e. The van der Waals surface area contributed by atoms with Crippen molar-refractivity contribution in [3.63, 3.8) is 0 Å². The molecule has 0 aliphatic heterocycles. The van der Waals surface area contributed by atoms with Crippen LogP contribution in [0.1, 0.15) is 15.9 Å². The fourth-order valence-electron chi connectivity index (χ4n) is 2.53. The van der Waals surface area contributed by atoms with Crippen LogP contribution in [0, 0.1) is 5.82 Å². The molecule has 0 spiro atoms. The van der Waals surface area contributed by atoms with Gasteiger partial charge >= 0.3 is 5.97 Å². The Morgan fingerprint density at radius 2 is 1.87 bits per heavy atom. The summed E-state index contributed by atoms with van der Waals surface area (Å²) < 4.78 is 14.6. The van der Waals surface area contributed by atoms with Crippen LogP contribution in [0.25, 0.3) is 10.9 Å². The number of benzene rings is 2. The standard InChI is InChI=1S/C17H13FN2O3/c18-11-6-4-10(5-7-11)8-20-9-12(17(22)23)16(21)15-13(19)2-1-3-14(15)20/h1-7,9H,8,19H2,(H,22,23). The first-order chi connectivity index (χ1) is 11.0. The highest BCUT2D eigenvalue weighted by Gasteiger charge is 2.16. The molecule has 5 nitrogen and oxygen atoms in total. The third-order valence-corrected chi connectivity index (χ3v) is 3.64. The van der Waals surface area contributed by atoms with E-state index in [2.05, 4.69) is 0 Å². The second-order valence-electron chi connectivity index (χ2n) is 5.17. The minimum absolute atomic E-state index is 0.175. The van der Waals surface area contributed by atoms with Gasteiger partial charge in [0.2, 0.25) is 5.43 Å². The zero-order chi connectivity index (χ0) is 16.6. The summed E-state index contributed by atoms with van der Waals surface area (Å²) in [6.45, 7) is 0.292. The highest BCUT2D eigenvalue weighted by molar-refractivity contribution is 5.97. The van der Waals surface area contributed by atoms with E-state index in [4.69, 9.17) is 5.73 Å². The highest BCUT2D eigenvalue weighted by atomic mass is 19.1. The maximum absolute atomic E-state index is 13.0. The van der Waals surface area contributed by atoms with Gasteiger partial charge in [-0.05, 0) is 29.8 Å². The summed E-state index contributed by atoms with van der Waals surface area (Å²) in [4.78, 5) is 23.6. The first kappa shape index (κ1) is 14.8. The molecule has 0 amide bonds. The molecule has 23 heavy (non-hydrogen) atoms. The van der Waals surface area contributed by atoms with Gasteiger partial charge in [-0.3, -0.25) is 4.79 Å². The molecule has 116 valence electrons. The molecule has 0 aliphatic rings. The topological polar surface area (TPSA) is 85.3 Å². The van der Waals surface area contributed by atoms with Crippen molar-refractivity contribution < 1.29 is 14.3 Å². The van der Waals surface area contributed by atoms with Gasteiger partial charge in [0.05, 0.1) is 10.9 Å². The lowest BCUT2D eigenvalue weighted by Gasteiger charge is -2.13. The van der Waals surface area contributed by atoms with Crippen LogP contribution in [0.5, 0.6) is 0 Å². The van der Waals surface area contributed by atoms with E-state index in [1.165, 1.54) is 18.3 Å². The molecule has 2 aromatic carbocycles. The fraction of sp³-hybridized carbons (Fsp3) is 0.0588. The average molecular weight is 312 g/mol. The number of carboxylic acid groups (broad SMARTS) is 1. The Morgan fingerprint density at radius 3 is 2.52 bits per heavy atom. The van der Waals surface area contributed by atoms with Crippen molar-refractivity contribution in [1.29, 1.82) is 0 Å². The number of nitrogens with zero attached hydrogens (tertiary/aromatic N) is 1. The van der Waals surface area contributed by atoms with Gasteiger partial charge in [-0.15, -0.1) is 0 Å². The van der Waals surface area contributed by atoms with Crippen molar-refractivity contribution in [3.05, 3.63) is 75.8 Å². The summed E-state index contributed by atoms with van der Waals surface area (Å²) in [7, 11) is 0. The SMILES string of the molecule is Nc1cccc2c1c(=O)c(C(=O)O)cn2Cc1ccc(F)cc1. The van der Waals surface area contributed by atoms with Crippen LogP contribution in [0.4, 0.5) is 10.1 Å². The Labute approximate surface area is 130 Å². The molecule has 0 fully saturated rings. The molecule has 6 heteroatoms. The molecule has 0 saturated heterocycles. The van der Waals surface area contributed by atoms with Crippen LogP contribution >= 0.6 is 0 Å². The first-order valence-corrected chi connectivity index (χ1v) is 6.87. The third kappa shape index (κ3) is 2.66. The Bertz CT molecular complexity index is 962. The van der Waals surface area contributed by atoms with E-state index < -0.39 is 11.4 Å². The van der Waals surface area contributed by atoms with Crippen LogP contribution in [-0.2, 0) is 6.54 Å². The van der Waals surface area contributed by atoms with E-state index in [9.17, 15) is 19.1 Å². The molecular weight excluding hydrogens is 299 g/mol. The van der Waals surface area contributed by atoms with Crippen molar-refractivity contribution in [3.8, 4) is 0 Å². The Morgan fingerprint density at radius 1 is 1.17 bits per heavy atom. The van der Waals surface area contributed by atoms with Crippen LogP contribution < -0.4 is 11.2 Å². The lowest BCUT2D eigenvalue weighted by Crippen LogP contribution is -2.20. The van der Waals surface area contributed by atoms with Crippen molar-refractivity contribution in [2.75, 3.05) is 5.73 Å². The quantitative estimate of drug-likeness (QED) is 0.728. The number of fused-ring (bicyclic) bond motifs is 1. The Hall–Kier alpha value is -3.15. The number of halogens is 1. The molecule has 1 aromatic heterocycles. The third-order valence-electron chi connectivity index (χ3n) is 3.64. The molecule has 0 atom stereocenters. The maximum Gasteiger partial charge on any atom is 0.341 e. The van der Waals surface area contributed by atoms with Gasteiger partial charge < -0.3 is 15.4 Å². The normalized spacial score (nSPS) is 10.8. The zero-order valence-electron chi connectivity index (χ0n) is 12.0. The first-order valence-electron chi connectivity index (χ1n) is 6.87. The Balaban J connectivity index is 2.25. The van der Waals surface area contributed by atoms with Gasteiger partial charge in [0.1, 0.15) is 11.4 Å². The summed E-state index contributed by atoms with van der Waals surface area (Å²) in [5.74, 6) is -1.66. The number of pyridine rings is 1. The molecule has 1 heterocycles. The summed E-state index contributed by atoms with van der Waals surface area (Å²) in [6.07, 6.45) is 1.29. The van der Waals surface area contributed by atoms with Crippen molar-refractivity contribution in [1.82, 2.24) is 4.57 Å². The van der Waals surface area contributed by atoms with E-state index in [-0.39, 0.29) is 22.5 Å². The number of aromatic nitrogens is 1. The van der Waals surface area contributed by atoms with Gasteiger partial charge in [0.15, 0.2) is 0 Å². The monoisotopic (exact) mass is 312 g/mol. The molecule has 3 aromatic rings. The smallest absolute Gasteiger partial charge is 0.341 e. The number of carboxylic acids is 1. The van der Waals surface area contributed by atoms with E-state index in [0.29, 0.717) is 12.1 Å². The summed E-state index contributed by atoms with van der Waals surface area (Å²) in [5, 5.41) is 9.41. The number of anilines is 1. The van der Waals surface area contributed by atoms with Crippen LogP contribution in [0.3, 0.4) is 0 Å². The zero-order valence-corrected chi connectivity index (χ0v) is 12.0. The minimum Gasteiger partial charge on any atom is -0.477 e. The van der Waals surface area contributed by atoms with Gasteiger partial charge in [0.25, 0.3) is 0 Å². The molecule has 0 aliphatic carbocycles. The van der Waals surface area contributed by atoms with Crippen LogP contribution in [0.15, 0.2) is 53.5 Å². The van der Waals surface area contributed by atoms with Gasteiger partial charge in [-0.1, -0.05) is 18.2 Å². The second-order valence-corrected chi connectivity index (χ2v) is 5.17. The maximum atomic E-state index is 13.0. The molecular formula is C17H13FN2O3. The predicted molar refractivity (Wildman–Crippen MR) is 85.1 cm³/mol. The Kier molecular flexibility index (Phi) is 3.57. The highest BCUT2D eigenvalue weighted by Crippen LogP contribution is 2.19. The molecule has 0 saturated carbocycles. The molecule has 0 radical (unpaired) electrons. The van der Waals surface area contributed by atoms with E-state index in [0.717, 1.165) is 5.56 Å². The lowest BCUT2D eigenvalue weighted by atomic mass is 10.1. The second kappa shape index (κ2) is 5.57. The number of aromatic carboxylic acids is 1. The summed E-state index contributed by atoms with van der Waals surface area (Å²) in [6, 6.07) is 10.8. The number of rotatable bonds is 3. The molecule has 3 rings (SSSR count). The van der Waals surface area contributed by atoms with E-state index >= 15 is 0 Å². The summed E-state index contributed by atoms with van der Waals surface area (Å²) in [5.41, 5.74) is 6.42. The summed E-state index contributed by atoms with van der Waals surface area (Å²) >= 11 is 0.